The van der Waals surface area contributed by atoms with E-state index in [1.165, 1.54) is 12.1 Å². The van der Waals surface area contributed by atoms with Crippen LogP contribution < -0.4 is 16.0 Å². The fourth-order valence-electron chi connectivity index (χ4n) is 4.70. The molecular formula is C27H36FN5O3. The van der Waals surface area contributed by atoms with E-state index >= 15 is 0 Å². The average molecular weight is 498 g/mol. The summed E-state index contributed by atoms with van der Waals surface area (Å²) in [4.78, 5) is 41.5. The fourth-order valence-corrected chi connectivity index (χ4v) is 4.70. The summed E-state index contributed by atoms with van der Waals surface area (Å²) in [7, 11) is 1.66. The number of ketones is 1. The molecule has 0 saturated carbocycles. The maximum absolute atomic E-state index is 13.6. The molecule has 1 aromatic carbocycles. The topological polar surface area (TPSA) is 95.5 Å². The molecule has 2 heterocycles. The van der Waals surface area contributed by atoms with E-state index in [-0.39, 0.29) is 11.5 Å². The second kappa shape index (κ2) is 10.6. The van der Waals surface area contributed by atoms with Gasteiger partial charge in [-0.15, -0.1) is 0 Å². The average Bonchev–Trinajstić information content (AvgIpc) is 3.04. The highest BCUT2D eigenvalue weighted by Crippen LogP contribution is 2.26. The van der Waals surface area contributed by atoms with Crippen LogP contribution in [0.1, 0.15) is 64.4 Å². The minimum Gasteiger partial charge on any atom is -0.373 e. The van der Waals surface area contributed by atoms with Gasteiger partial charge in [-0.3, -0.25) is 14.4 Å². The number of likely N-dealkylation sites (tertiary alicyclic amines) is 1. The lowest BCUT2D eigenvalue weighted by atomic mass is 9.89. The number of carbonyl (C=O) groups is 3. The molecule has 8 nitrogen and oxygen atoms in total. The summed E-state index contributed by atoms with van der Waals surface area (Å²) in [5, 5.41) is 8.91. The third-order valence-corrected chi connectivity index (χ3v) is 7.04. The van der Waals surface area contributed by atoms with E-state index < -0.39 is 23.1 Å². The number of halogens is 1. The number of nitrogens with zero attached hydrogens (tertiary/aromatic N) is 2. The zero-order valence-corrected chi connectivity index (χ0v) is 22.0. The molecule has 0 radical (unpaired) electrons. The van der Waals surface area contributed by atoms with E-state index in [1.807, 2.05) is 13.8 Å². The number of aryl methyl sites for hydroxylation is 1. The Kier molecular flexibility index (Phi) is 7.91. The number of benzene rings is 1. The van der Waals surface area contributed by atoms with Crippen molar-refractivity contribution < 1.29 is 18.8 Å². The van der Waals surface area contributed by atoms with Crippen molar-refractivity contribution in [1.82, 2.24) is 20.1 Å². The van der Waals surface area contributed by atoms with E-state index in [0.29, 0.717) is 54.0 Å². The van der Waals surface area contributed by atoms with Crippen molar-refractivity contribution in [3.05, 3.63) is 64.5 Å². The predicted octanol–water partition coefficient (Wildman–Crippen LogP) is 3.58. The molecule has 2 aromatic rings. The predicted molar refractivity (Wildman–Crippen MR) is 138 cm³/mol. The zero-order chi connectivity index (χ0) is 26.8. The summed E-state index contributed by atoms with van der Waals surface area (Å²) in [6.45, 7) is 15.2. The van der Waals surface area contributed by atoms with Gasteiger partial charge in [-0.25, -0.2) is 4.39 Å². The molecule has 0 bridgehead atoms. The van der Waals surface area contributed by atoms with Crippen molar-refractivity contribution in [2.24, 2.45) is 7.05 Å². The molecule has 0 aliphatic carbocycles. The van der Waals surface area contributed by atoms with Gasteiger partial charge < -0.3 is 25.4 Å². The maximum atomic E-state index is 13.6. The van der Waals surface area contributed by atoms with Crippen LogP contribution in [0.3, 0.4) is 0 Å². The lowest BCUT2D eigenvalue weighted by Crippen LogP contribution is -2.55. The van der Waals surface area contributed by atoms with E-state index in [2.05, 4.69) is 27.4 Å². The number of hydrogen-bond acceptors (Lipinski definition) is 5. The molecular weight excluding hydrogens is 461 g/mol. The van der Waals surface area contributed by atoms with Crippen molar-refractivity contribution in [3.63, 3.8) is 0 Å². The molecule has 0 unspecified atom stereocenters. The van der Waals surface area contributed by atoms with Crippen LogP contribution in [0.5, 0.6) is 0 Å². The van der Waals surface area contributed by atoms with Crippen LogP contribution in [0.4, 0.5) is 10.1 Å². The Morgan fingerprint density at radius 3 is 2.36 bits per heavy atom. The first-order valence-corrected chi connectivity index (χ1v) is 12.2. The Bertz CT molecular complexity index is 1210. The minimum atomic E-state index is -0.693. The quantitative estimate of drug-likeness (QED) is 0.383. The number of rotatable bonds is 8. The third kappa shape index (κ3) is 5.45. The molecule has 3 rings (SSSR count). The number of Topliss-reactive ketones (excluding diaryl/α,β-unsaturated/α-hetero) is 1. The Hall–Kier alpha value is -3.62. The SMILES string of the molecule is C=C(NCC)N1CCC(C)(NC(=O)C(=O)c2c(C)c(C(=O)Nc3ccc(F)c(C)c3)c(C)n2C)CC1. The highest BCUT2D eigenvalue weighted by atomic mass is 19.1. The van der Waals surface area contributed by atoms with Crippen molar-refractivity contribution in [3.8, 4) is 0 Å². The molecule has 1 fully saturated rings. The maximum Gasteiger partial charge on any atom is 0.294 e. The van der Waals surface area contributed by atoms with Crippen LogP contribution in [0, 0.1) is 26.6 Å². The molecule has 0 atom stereocenters. The standard InChI is InChI=1S/C27H36FN5O3/c1-8-29-19(5)33-13-11-27(6,12-14-33)31-26(36)24(34)23-17(3)22(18(4)32(23)7)25(35)30-20-9-10-21(28)16(2)15-20/h9-10,15,29H,5,8,11-14H2,1-4,6-7H3,(H,30,35)(H,31,36). The summed E-state index contributed by atoms with van der Waals surface area (Å²) < 4.78 is 15.2. The van der Waals surface area contributed by atoms with Crippen molar-refractivity contribution in [1.29, 1.82) is 0 Å². The summed E-state index contributed by atoms with van der Waals surface area (Å²) >= 11 is 0. The fraction of sp³-hybridized carbons (Fsp3) is 0.444. The van der Waals surface area contributed by atoms with Crippen LogP contribution in [0.15, 0.2) is 30.6 Å². The Balaban J connectivity index is 1.75. The number of carbonyl (C=O) groups excluding carboxylic acids is 3. The van der Waals surface area contributed by atoms with Gasteiger partial charge in [0.15, 0.2) is 0 Å². The first-order valence-electron chi connectivity index (χ1n) is 12.2. The van der Waals surface area contributed by atoms with Gasteiger partial charge in [-0.1, -0.05) is 6.58 Å². The van der Waals surface area contributed by atoms with Crippen LogP contribution in [-0.4, -0.2) is 52.2 Å². The second-order valence-electron chi connectivity index (χ2n) is 9.72. The van der Waals surface area contributed by atoms with Crippen molar-refractivity contribution >= 4 is 23.3 Å². The largest absolute Gasteiger partial charge is 0.373 e. The Morgan fingerprint density at radius 1 is 1.14 bits per heavy atom. The second-order valence-corrected chi connectivity index (χ2v) is 9.72. The molecule has 1 aromatic heterocycles. The molecule has 1 aliphatic rings. The van der Waals surface area contributed by atoms with Crippen LogP contribution in [0.2, 0.25) is 0 Å². The van der Waals surface area contributed by atoms with E-state index in [1.54, 1.807) is 38.5 Å². The lowest BCUT2D eigenvalue weighted by molar-refractivity contribution is -0.119. The third-order valence-electron chi connectivity index (χ3n) is 7.04. The highest BCUT2D eigenvalue weighted by Gasteiger charge is 2.35. The summed E-state index contributed by atoms with van der Waals surface area (Å²) in [6, 6.07) is 4.31. The van der Waals surface area contributed by atoms with Gasteiger partial charge >= 0.3 is 0 Å². The van der Waals surface area contributed by atoms with Gasteiger partial charge in [0.2, 0.25) is 0 Å². The molecule has 1 saturated heterocycles. The molecule has 9 heteroatoms. The smallest absolute Gasteiger partial charge is 0.294 e. The summed E-state index contributed by atoms with van der Waals surface area (Å²) in [5.74, 6) is -1.30. The van der Waals surface area contributed by atoms with E-state index in [4.69, 9.17) is 0 Å². The number of hydrogen-bond donors (Lipinski definition) is 3. The zero-order valence-electron chi connectivity index (χ0n) is 22.0. The number of piperidine rings is 1. The normalized spacial score (nSPS) is 14.8. The Morgan fingerprint density at radius 2 is 1.78 bits per heavy atom. The van der Waals surface area contributed by atoms with Crippen molar-refractivity contribution in [2.75, 3.05) is 25.0 Å². The first kappa shape index (κ1) is 27.0. The van der Waals surface area contributed by atoms with Gasteiger partial charge in [0.05, 0.1) is 17.1 Å². The lowest BCUT2D eigenvalue weighted by Gasteiger charge is -2.41. The van der Waals surface area contributed by atoms with Crippen molar-refractivity contribution in [2.45, 2.75) is 53.0 Å². The van der Waals surface area contributed by atoms with Crippen LogP contribution >= 0.6 is 0 Å². The van der Waals surface area contributed by atoms with Gasteiger partial charge in [0.1, 0.15) is 5.82 Å². The number of nitrogens with one attached hydrogen (secondary N) is 3. The minimum absolute atomic E-state index is 0.173. The van der Waals surface area contributed by atoms with Crippen LogP contribution in [0.25, 0.3) is 0 Å². The molecule has 2 amide bonds. The first-order chi connectivity index (χ1) is 16.9. The van der Waals surface area contributed by atoms with E-state index in [9.17, 15) is 18.8 Å². The van der Waals surface area contributed by atoms with Gasteiger partial charge in [-0.05, 0) is 76.8 Å². The highest BCUT2D eigenvalue weighted by molar-refractivity contribution is 6.43. The molecule has 194 valence electrons. The number of amides is 2. The van der Waals surface area contributed by atoms with Gasteiger partial charge in [0, 0.05) is 43.6 Å². The molecule has 1 aliphatic heterocycles. The monoisotopic (exact) mass is 497 g/mol. The Labute approximate surface area is 211 Å². The number of aromatic nitrogens is 1. The van der Waals surface area contributed by atoms with Gasteiger partial charge in [-0.2, -0.15) is 0 Å². The summed E-state index contributed by atoms with van der Waals surface area (Å²) in [6.07, 6.45) is 1.35. The molecule has 36 heavy (non-hydrogen) atoms. The van der Waals surface area contributed by atoms with Crippen LogP contribution in [-0.2, 0) is 11.8 Å². The summed E-state index contributed by atoms with van der Waals surface area (Å²) in [5.41, 5.74) is 1.80. The number of anilines is 1. The van der Waals surface area contributed by atoms with E-state index in [0.717, 1.165) is 12.4 Å². The molecule has 0 spiro atoms. The molecule has 3 N–H and O–H groups in total. The van der Waals surface area contributed by atoms with Gasteiger partial charge in [0.25, 0.3) is 17.6 Å².